The SMILES string of the molecule is C=CC(CC)C(=C)c1ccc(SC)cc1. The standard InChI is InChI=1S/C14H18S/c1-5-12(6-2)11(3)13-7-9-14(15-4)10-8-13/h5,7-10,12H,1,3,6H2,2,4H3. The van der Waals surface area contributed by atoms with Crippen LogP contribution in [-0.4, -0.2) is 6.26 Å². The van der Waals surface area contributed by atoms with E-state index >= 15 is 0 Å². The fourth-order valence-corrected chi connectivity index (χ4v) is 1.98. The van der Waals surface area contributed by atoms with Crippen LogP contribution in [0.1, 0.15) is 18.9 Å². The van der Waals surface area contributed by atoms with Crippen molar-refractivity contribution in [3.05, 3.63) is 49.1 Å². The van der Waals surface area contributed by atoms with E-state index in [1.807, 2.05) is 6.08 Å². The molecule has 1 aromatic carbocycles. The van der Waals surface area contributed by atoms with E-state index in [-0.39, 0.29) is 0 Å². The lowest BCUT2D eigenvalue weighted by atomic mass is 9.92. The van der Waals surface area contributed by atoms with Crippen molar-refractivity contribution >= 4 is 17.3 Å². The van der Waals surface area contributed by atoms with Crippen molar-refractivity contribution in [1.82, 2.24) is 0 Å². The minimum Gasteiger partial charge on any atom is -0.130 e. The Morgan fingerprint density at radius 1 is 1.40 bits per heavy atom. The topological polar surface area (TPSA) is 0 Å². The smallest absolute Gasteiger partial charge is 0.00695 e. The third-order valence-electron chi connectivity index (χ3n) is 2.63. The highest BCUT2D eigenvalue weighted by Gasteiger charge is 2.07. The van der Waals surface area contributed by atoms with Gasteiger partial charge in [-0.2, -0.15) is 0 Å². The van der Waals surface area contributed by atoms with Gasteiger partial charge in [0.2, 0.25) is 0 Å². The van der Waals surface area contributed by atoms with Crippen LogP contribution in [0.5, 0.6) is 0 Å². The number of allylic oxidation sites excluding steroid dienone is 2. The molecule has 15 heavy (non-hydrogen) atoms. The first-order valence-corrected chi connectivity index (χ1v) is 6.41. The first-order chi connectivity index (χ1) is 7.22. The maximum atomic E-state index is 4.14. The number of benzene rings is 1. The lowest BCUT2D eigenvalue weighted by molar-refractivity contribution is 0.797. The molecule has 0 bridgehead atoms. The molecule has 1 rings (SSSR count). The Bertz CT molecular complexity index is 335. The molecule has 0 saturated carbocycles. The Hall–Kier alpha value is -0.950. The van der Waals surface area contributed by atoms with Gasteiger partial charge in [0.25, 0.3) is 0 Å². The van der Waals surface area contributed by atoms with Gasteiger partial charge in [-0.1, -0.05) is 31.7 Å². The monoisotopic (exact) mass is 218 g/mol. The highest BCUT2D eigenvalue weighted by atomic mass is 32.2. The summed E-state index contributed by atoms with van der Waals surface area (Å²) in [7, 11) is 0. The number of thioether (sulfide) groups is 1. The Morgan fingerprint density at radius 3 is 2.40 bits per heavy atom. The van der Waals surface area contributed by atoms with Gasteiger partial charge in [0.15, 0.2) is 0 Å². The van der Waals surface area contributed by atoms with Gasteiger partial charge in [0, 0.05) is 10.8 Å². The first-order valence-electron chi connectivity index (χ1n) is 5.18. The van der Waals surface area contributed by atoms with Gasteiger partial charge in [0.05, 0.1) is 0 Å². The van der Waals surface area contributed by atoms with Crippen LogP contribution >= 0.6 is 11.8 Å². The lowest BCUT2D eigenvalue weighted by Crippen LogP contribution is -1.96. The normalized spacial score (nSPS) is 12.1. The molecule has 0 aromatic heterocycles. The van der Waals surface area contributed by atoms with Crippen molar-refractivity contribution in [2.75, 3.05) is 6.26 Å². The average Bonchev–Trinajstić information content (AvgIpc) is 2.30. The van der Waals surface area contributed by atoms with Crippen LogP contribution in [0, 0.1) is 5.92 Å². The molecular weight excluding hydrogens is 200 g/mol. The van der Waals surface area contributed by atoms with E-state index in [0.717, 1.165) is 6.42 Å². The molecule has 0 heterocycles. The number of hydrogen-bond acceptors (Lipinski definition) is 1. The van der Waals surface area contributed by atoms with Crippen LogP contribution in [0.4, 0.5) is 0 Å². The van der Waals surface area contributed by atoms with Gasteiger partial charge in [-0.15, -0.1) is 18.3 Å². The molecule has 1 aromatic rings. The second-order valence-corrected chi connectivity index (χ2v) is 4.38. The van der Waals surface area contributed by atoms with Gasteiger partial charge < -0.3 is 0 Å². The van der Waals surface area contributed by atoms with E-state index in [0.29, 0.717) is 5.92 Å². The zero-order valence-electron chi connectivity index (χ0n) is 9.49. The fraction of sp³-hybridized carbons (Fsp3) is 0.286. The molecule has 1 unspecified atom stereocenters. The van der Waals surface area contributed by atoms with Crippen molar-refractivity contribution in [3.63, 3.8) is 0 Å². The molecule has 0 nitrogen and oxygen atoms in total. The Kier molecular flexibility index (Phi) is 4.70. The summed E-state index contributed by atoms with van der Waals surface area (Å²) in [6.45, 7) is 10.2. The van der Waals surface area contributed by atoms with Crippen LogP contribution < -0.4 is 0 Å². The second kappa shape index (κ2) is 5.82. The molecule has 0 fully saturated rings. The third kappa shape index (κ3) is 3.00. The Morgan fingerprint density at radius 2 is 2.00 bits per heavy atom. The summed E-state index contributed by atoms with van der Waals surface area (Å²) in [6, 6.07) is 8.56. The average molecular weight is 218 g/mol. The van der Waals surface area contributed by atoms with Crippen LogP contribution in [0.15, 0.2) is 48.4 Å². The Labute approximate surface area is 97.1 Å². The van der Waals surface area contributed by atoms with E-state index in [2.05, 4.69) is 50.6 Å². The third-order valence-corrected chi connectivity index (χ3v) is 3.38. The Balaban J connectivity index is 2.86. The summed E-state index contributed by atoms with van der Waals surface area (Å²) in [5, 5.41) is 0. The van der Waals surface area contributed by atoms with E-state index in [1.165, 1.54) is 16.0 Å². The predicted molar refractivity (Wildman–Crippen MR) is 71.2 cm³/mol. The maximum Gasteiger partial charge on any atom is 0.00695 e. The van der Waals surface area contributed by atoms with Crippen LogP contribution in [-0.2, 0) is 0 Å². The van der Waals surface area contributed by atoms with Crippen molar-refractivity contribution < 1.29 is 0 Å². The summed E-state index contributed by atoms with van der Waals surface area (Å²) >= 11 is 1.76. The quantitative estimate of drug-likeness (QED) is 0.513. The van der Waals surface area contributed by atoms with E-state index in [1.54, 1.807) is 11.8 Å². The van der Waals surface area contributed by atoms with Crippen LogP contribution in [0.2, 0.25) is 0 Å². The van der Waals surface area contributed by atoms with Crippen LogP contribution in [0.25, 0.3) is 5.57 Å². The van der Waals surface area contributed by atoms with Crippen molar-refractivity contribution in [2.24, 2.45) is 5.92 Å². The summed E-state index contributed by atoms with van der Waals surface area (Å²) in [6.07, 6.45) is 5.12. The minimum atomic E-state index is 0.394. The summed E-state index contributed by atoms with van der Waals surface area (Å²) < 4.78 is 0. The second-order valence-electron chi connectivity index (χ2n) is 3.50. The van der Waals surface area contributed by atoms with Crippen molar-refractivity contribution in [2.45, 2.75) is 18.2 Å². The molecular formula is C14H18S. The van der Waals surface area contributed by atoms with Gasteiger partial charge in [0.1, 0.15) is 0 Å². The first kappa shape index (κ1) is 12.1. The summed E-state index contributed by atoms with van der Waals surface area (Å²) in [5.74, 6) is 0.394. The molecule has 0 spiro atoms. The van der Waals surface area contributed by atoms with Gasteiger partial charge >= 0.3 is 0 Å². The molecule has 0 N–H and O–H groups in total. The van der Waals surface area contributed by atoms with Crippen molar-refractivity contribution in [1.29, 1.82) is 0 Å². The zero-order chi connectivity index (χ0) is 11.3. The highest BCUT2D eigenvalue weighted by Crippen LogP contribution is 2.26. The molecule has 0 radical (unpaired) electrons. The largest absolute Gasteiger partial charge is 0.130 e. The minimum absolute atomic E-state index is 0.394. The molecule has 0 aliphatic rings. The molecule has 0 aliphatic carbocycles. The maximum absolute atomic E-state index is 4.14. The molecule has 0 aliphatic heterocycles. The summed E-state index contributed by atoms with van der Waals surface area (Å²) in [5.41, 5.74) is 2.39. The van der Waals surface area contributed by atoms with E-state index in [4.69, 9.17) is 0 Å². The van der Waals surface area contributed by atoms with Gasteiger partial charge in [-0.25, -0.2) is 0 Å². The molecule has 0 saturated heterocycles. The number of rotatable bonds is 5. The molecule has 80 valence electrons. The number of hydrogen-bond donors (Lipinski definition) is 0. The van der Waals surface area contributed by atoms with Crippen LogP contribution in [0.3, 0.4) is 0 Å². The zero-order valence-corrected chi connectivity index (χ0v) is 10.3. The van der Waals surface area contributed by atoms with Gasteiger partial charge in [-0.3, -0.25) is 0 Å². The summed E-state index contributed by atoms with van der Waals surface area (Å²) in [4.78, 5) is 1.29. The van der Waals surface area contributed by atoms with E-state index < -0.39 is 0 Å². The molecule has 1 atom stereocenters. The fourth-order valence-electron chi connectivity index (χ4n) is 1.57. The van der Waals surface area contributed by atoms with Crippen molar-refractivity contribution in [3.8, 4) is 0 Å². The predicted octanol–water partition coefficient (Wildman–Crippen LogP) is 4.63. The van der Waals surface area contributed by atoms with E-state index in [9.17, 15) is 0 Å². The molecule has 0 amide bonds. The highest BCUT2D eigenvalue weighted by molar-refractivity contribution is 7.98. The lowest BCUT2D eigenvalue weighted by Gasteiger charge is -2.13. The van der Waals surface area contributed by atoms with Gasteiger partial charge in [-0.05, 0) is 35.9 Å². The molecule has 1 heteroatoms.